The topological polar surface area (TPSA) is 41.8 Å². The highest BCUT2D eigenvalue weighted by Gasteiger charge is 2.17. The molecule has 20 heavy (non-hydrogen) atoms. The molecule has 104 valence electrons. The number of nitrogens with one attached hydrogen (secondary N) is 1. The number of hydrogen-bond acceptors (Lipinski definition) is 1. The average Bonchev–Trinajstić information content (AvgIpc) is 2.86. The number of nitrogens with two attached hydrogens (primary N) is 1. The molecular weight excluding hydrogens is 244 g/mol. The molecule has 0 aliphatic rings. The summed E-state index contributed by atoms with van der Waals surface area (Å²) in [5.74, 6) is 0.553. The van der Waals surface area contributed by atoms with Crippen LogP contribution in [0, 0.1) is 5.92 Å². The summed E-state index contributed by atoms with van der Waals surface area (Å²) in [6.07, 6.45) is 2.26. The first kappa shape index (κ1) is 13.2. The van der Waals surface area contributed by atoms with E-state index < -0.39 is 0 Å². The van der Waals surface area contributed by atoms with Gasteiger partial charge < -0.3 is 10.7 Å². The summed E-state index contributed by atoms with van der Waals surface area (Å²) in [4.78, 5) is 3.46. The Hall–Kier alpha value is -1.80. The van der Waals surface area contributed by atoms with Crippen molar-refractivity contribution < 1.29 is 0 Å². The fraction of sp³-hybridized carbons (Fsp3) is 0.333. The van der Waals surface area contributed by atoms with E-state index in [2.05, 4.69) is 61.3 Å². The van der Waals surface area contributed by atoms with E-state index in [1.165, 1.54) is 27.4 Å². The van der Waals surface area contributed by atoms with Crippen LogP contribution >= 0.6 is 0 Å². The first-order valence-corrected chi connectivity index (χ1v) is 7.50. The molecule has 2 nitrogen and oxygen atoms in total. The highest BCUT2D eigenvalue weighted by Crippen LogP contribution is 2.30. The molecule has 0 saturated heterocycles. The number of fused-ring (bicyclic) bond motifs is 3. The molecule has 2 heteroatoms. The summed E-state index contributed by atoms with van der Waals surface area (Å²) in [5.41, 5.74) is 10.1. The lowest BCUT2D eigenvalue weighted by Crippen LogP contribution is -2.20. The van der Waals surface area contributed by atoms with Gasteiger partial charge in [-0.05, 0) is 29.7 Å². The first-order chi connectivity index (χ1) is 9.74. The lowest BCUT2D eigenvalue weighted by molar-refractivity contribution is 0.405. The molecule has 3 rings (SSSR count). The zero-order valence-electron chi connectivity index (χ0n) is 12.2. The summed E-state index contributed by atoms with van der Waals surface area (Å²) in [7, 11) is 0. The molecule has 0 aliphatic heterocycles. The largest absolute Gasteiger partial charge is 0.355 e. The van der Waals surface area contributed by atoms with Crippen LogP contribution in [0.1, 0.15) is 38.3 Å². The van der Waals surface area contributed by atoms with Crippen molar-refractivity contribution in [3.8, 4) is 0 Å². The molecule has 1 aromatic heterocycles. The van der Waals surface area contributed by atoms with Gasteiger partial charge in [-0.1, -0.05) is 51.0 Å². The van der Waals surface area contributed by atoms with Gasteiger partial charge in [-0.25, -0.2) is 0 Å². The van der Waals surface area contributed by atoms with Gasteiger partial charge in [0.1, 0.15) is 0 Å². The van der Waals surface area contributed by atoms with Crippen molar-refractivity contribution in [2.75, 3.05) is 0 Å². The van der Waals surface area contributed by atoms with Gasteiger partial charge in [-0.3, -0.25) is 0 Å². The summed E-state index contributed by atoms with van der Waals surface area (Å²) >= 11 is 0. The Morgan fingerprint density at radius 3 is 2.40 bits per heavy atom. The molecule has 3 N–H and O–H groups in total. The molecule has 2 aromatic carbocycles. The van der Waals surface area contributed by atoms with Crippen LogP contribution in [0.5, 0.6) is 0 Å². The van der Waals surface area contributed by atoms with Crippen LogP contribution in [0.15, 0.2) is 42.5 Å². The molecule has 0 fully saturated rings. The normalized spacial score (nSPS) is 13.4. The Morgan fingerprint density at radius 1 is 0.950 bits per heavy atom. The smallest absolute Gasteiger partial charge is 0.0465 e. The zero-order chi connectivity index (χ0) is 14.1. The van der Waals surface area contributed by atoms with E-state index in [9.17, 15) is 0 Å². The molecule has 1 heterocycles. The predicted octanol–water partition coefficient (Wildman–Crippen LogP) is 4.76. The third-order valence-corrected chi connectivity index (χ3v) is 4.47. The molecule has 1 unspecified atom stereocenters. The van der Waals surface area contributed by atoms with Gasteiger partial charge in [0, 0.05) is 27.8 Å². The van der Waals surface area contributed by atoms with Crippen LogP contribution in [0.4, 0.5) is 0 Å². The van der Waals surface area contributed by atoms with E-state index in [1.54, 1.807) is 0 Å². The van der Waals surface area contributed by atoms with Crippen LogP contribution in [0.2, 0.25) is 0 Å². The van der Waals surface area contributed by atoms with Crippen LogP contribution < -0.4 is 5.73 Å². The minimum atomic E-state index is 0.128. The highest BCUT2D eigenvalue weighted by molar-refractivity contribution is 6.07. The van der Waals surface area contributed by atoms with Crippen molar-refractivity contribution >= 4 is 21.8 Å². The minimum absolute atomic E-state index is 0.128. The fourth-order valence-corrected chi connectivity index (χ4v) is 3.14. The van der Waals surface area contributed by atoms with Gasteiger partial charge >= 0.3 is 0 Å². The highest BCUT2D eigenvalue weighted by atomic mass is 14.7. The van der Waals surface area contributed by atoms with Gasteiger partial charge in [0.05, 0.1) is 0 Å². The Morgan fingerprint density at radius 2 is 1.65 bits per heavy atom. The van der Waals surface area contributed by atoms with E-state index in [4.69, 9.17) is 5.73 Å². The number of aromatic amines is 1. The number of benzene rings is 2. The SMILES string of the molecule is CCC(CC)C(N)c1ccc2[nH]c3ccccc3c2c1. The first-order valence-electron chi connectivity index (χ1n) is 7.50. The Bertz CT molecular complexity index is 722. The van der Waals surface area contributed by atoms with Gasteiger partial charge in [0.15, 0.2) is 0 Å². The van der Waals surface area contributed by atoms with E-state index in [-0.39, 0.29) is 6.04 Å². The molecule has 0 amide bonds. The maximum absolute atomic E-state index is 6.45. The maximum Gasteiger partial charge on any atom is 0.0465 e. The summed E-state index contributed by atoms with van der Waals surface area (Å²) in [6, 6.07) is 15.2. The van der Waals surface area contributed by atoms with Gasteiger partial charge in [0.25, 0.3) is 0 Å². The molecule has 3 aromatic rings. The summed E-state index contributed by atoms with van der Waals surface area (Å²) < 4.78 is 0. The van der Waals surface area contributed by atoms with Crippen molar-refractivity contribution in [3.05, 3.63) is 48.0 Å². The summed E-state index contributed by atoms with van der Waals surface area (Å²) in [6.45, 7) is 4.44. The van der Waals surface area contributed by atoms with Crippen molar-refractivity contribution in [1.29, 1.82) is 0 Å². The van der Waals surface area contributed by atoms with Crippen molar-refractivity contribution in [1.82, 2.24) is 4.98 Å². The third-order valence-electron chi connectivity index (χ3n) is 4.47. The van der Waals surface area contributed by atoms with E-state index in [1.807, 2.05) is 0 Å². The number of para-hydroxylation sites is 1. The van der Waals surface area contributed by atoms with Crippen LogP contribution in [0.25, 0.3) is 21.8 Å². The average molecular weight is 266 g/mol. The molecule has 0 radical (unpaired) electrons. The van der Waals surface area contributed by atoms with Crippen molar-refractivity contribution in [2.24, 2.45) is 11.7 Å². The number of rotatable bonds is 4. The summed E-state index contributed by atoms with van der Waals surface area (Å²) in [5, 5.41) is 2.56. The molecule has 0 aliphatic carbocycles. The van der Waals surface area contributed by atoms with Gasteiger partial charge in [0.2, 0.25) is 0 Å². The lowest BCUT2D eigenvalue weighted by atomic mass is 9.89. The van der Waals surface area contributed by atoms with Crippen molar-refractivity contribution in [2.45, 2.75) is 32.7 Å². The molecule has 1 atom stereocenters. The Kier molecular flexibility index (Phi) is 3.49. The van der Waals surface area contributed by atoms with E-state index >= 15 is 0 Å². The number of H-pyrrole nitrogens is 1. The van der Waals surface area contributed by atoms with Crippen LogP contribution in [-0.2, 0) is 0 Å². The Balaban J connectivity index is 2.12. The second-order valence-electron chi connectivity index (χ2n) is 5.58. The molecule has 0 bridgehead atoms. The van der Waals surface area contributed by atoms with Crippen molar-refractivity contribution in [3.63, 3.8) is 0 Å². The molecular formula is C18H22N2. The van der Waals surface area contributed by atoms with E-state index in [0.717, 1.165) is 12.8 Å². The van der Waals surface area contributed by atoms with E-state index in [0.29, 0.717) is 5.92 Å². The number of aromatic nitrogens is 1. The van der Waals surface area contributed by atoms with Crippen LogP contribution in [-0.4, -0.2) is 4.98 Å². The lowest BCUT2D eigenvalue weighted by Gasteiger charge is -2.21. The number of hydrogen-bond donors (Lipinski definition) is 2. The second-order valence-corrected chi connectivity index (χ2v) is 5.58. The quantitative estimate of drug-likeness (QED) is 0.702. The second kappa shape index (κ2) is 5.29. The maximum atomic E-state index is 6.45. The zero-order valence-corrected chi connectivity index (χ0v) is 12.2. The Labute approximate surface area is 120 Å². The fourth-order valence-electron chi connectivity index (χ4n) is 3.14. The molecule has 0 saturated carbocycles. The van der Waals surface area contributed by atoms with Gasteiger partial charge in [-0.15, -0.1) is 0 Å². The monoisotopic (exact) mass is 266 g/mol. The minimum Gasteiger partial charge on any atom is -0.355 e. The third kappa shape index (κ3) is 2.10. The van der Waals surface area contributed by atoms with Gasteiger partial charge in [-0.2, -0.15) is 0 Å². The standard InChI is InChI=1S/C18H22N2/c1-3-12(4-2)18(19)13-9-10-17-15(11-13)14-7-5-6-8-16(14)20-17/h5-12,18,20H,3-4,19H2,1-2H3. The molecule has 0 spiro atoms. The van der Waals surface area contributed by atoms with Crippen LogP contribution in [0.3, 0.4) is 0 Å². The predicted molar refractivity (Wildman–Crippen MR) is 86.8 cm³/mol.